The minimum Gasteiger partial charge on any atom is -0.466 e. The first-order valence-corrected chi connectivity index (χ1v) is 9.33. The quantitative estimate of drug-likeness (QED) is 0.503. The van der Waals surface area contributed by atoms with Crippen LogP contribution in [0.3, 0.4) is 0 Å². The van der Waals surface area contributed by atoms with Crippen molar-refractivity contribution in [3.8, 4) is 6.07 Å². The molecule has 0 saturated carbocycles. The van der Waals surface area contributed by atoms with Gasteiger partial charge in [-0.3, -0.25) is 9.59 Å². The molecule has 0 aliphatic rings. The fourth-order valence-electron chi connectivity index (χ4n) is 1.95. The van der Waals surface area contributed by atoms with Crippen molar-refractivity contribution in [2.45, 2.75) is 31.3 Å². The molecule has 0 unspecified atom stereocenters. The van der Waals surface area contributed by atoms with Crippen molar-refractivity contribution in [3.05, 3.63) is 21.9 Å². The average Bonchev–Trinajstić information content (AvgIpc) is 3.14. The molecule has 132 valence electrons. The van der Waals surface area contributed by atoms with E-state index in [0.29, 0.717) is 22.6 Å². The molecule has 10 heteroatoms. The summed E-state index contributed by atoms with van der Waals surface area (Å²) in [7, 11) is 1.72. The SMILES string of the molecule is CCOC(=O)Cc1nnc(SCC(=O)[C@H](C#N)c2nc(C)cs2)n1C. The highest BCUT2D eigenvalue weighted by Crippen LogP contribution is 2.24. The molecule has 0 radical (unpaired) electrons. The first-order valence-electron chi connectivity index (χ1n) is 7.47. The van der Waals surface area contributed by atoms with Gasteiger partial charge in [0.25, 0.3) is 0 Å². The van der Waals surface area contributed by atoms with Gasteiger partial charge in [0, 0.05) is 18.1 Å². The van der Waals surface area contributed by atoms with Gasteiger partial charge in [0.1, 0.15) is 17.3 Å². The zero-order chi connectivity index (χ0) is 18.4. The van der Waals surface area contributed by atoms with Crippen LogP contribution in [0.5, 0.6) is 0 Å². The Bertz CT molecular complexity index is 808. The molecule has 25 heavy (non-hydrogen) atoms. The zero-order valence-corrected chi connectivity index (χ0v) is 15.7. The molecule has 0 fully saturated rings. The van der Waals surface area contributed by atoms with Crippen LogP contribution in [-0.2, 0) is 27.8 Å². The van der Waals surface area contributed by atoms with Gasteiger partial charge in [0.05, 0.1) is 18.4 Å². The number of carbonyl (C=O) groups is 2. The average molecular weight is 379 g/mol. The van der Waals surface area contributed by atoms with Gasteiger partial charge in [-0.05, 0) is 13.8 Å². The van der Waals surface area contributed by atoms with E-state index in [1.165, 1.54) is 23.1 Å². The Labute approximate surface area is 153 Å². The summed E-state index contributed by atoms with van der Waals surface area (Å²) in [5.74, 6) is -0.965. The van der Waals surface area contributed by atoms with Crippen LogP contribution in [0.4, 0.5) is 0 Å². The molecule has 0 aliphatic heterocycles. The van der Waals surface area contributed by atoms with Crippen LogP contribution in [0, 0.1) is 18.3 Å². The summed E-state index contributed by atoms with van der Waals surface area (Å²) in [6, 6.07) is 2.01. The molecule has 8 nitrogen and oxygen atoms in total. The van der Waals surface area contributed by atoms with E-state index < -0.39 is 5.92 Å². The number of ether oxygens (including phenoxy) is 1. The number of thioether (sulfide) groups is 1. The molecule has 0 saturated heterocycles. The van der Waals surface area contributed by atoms with Crippen LogP contribution in [0.15, 0.2) is 10.5 Å². The standard InChI is InChI=1S/C15H17N5O3S2/c1-4-23-13(22)5-12-18-19-15(20(12)3)25-8-11(21)10(6-16)14-17-9(2)7-24-14/h7,10H,4-5,8H2,1-3H3/t10-/m0/s1. The second kappa shape index (κ2) is 8.73. The van der Waals surface area contributed by atoms with E-state index in [2.05, 4.69) is 15.2 Å². The number of aromatic nitrogens is 4. The molecule has 1 atom stereocenters. The van der Waals surface area contributed by atoms with Crippen molar-refractivity contribution in [2.75, 3.05) is 12.4 Å². The molecule has 0 aliphatic carbocycles. The number of hydrogen-bond donors (Lipinski definition) is 0. The van der Waals surface area contributed by atoms with Gasteiger partial charge in [0.15, 0.2) is 16.9 Å². The van der Waals surface area contributed by atoms with E-state index in [4.69, 9.17) is 4.74 Å². The van der Waals surface area contributed by atoms with Gasteiger partial charge in [-0.2, -0.15) is 5.26 Å². The van der Waals surface area contributed by atoms with E-state index in [9.17, 15) is 14.9 Å². The third-order valence-corrected chi connectivity index (χ3v) is 5.28. The highest BCUT2D eigenvalue weighted by Gasteiger charge is 2.24. The van der Waals surface area contributed by atoms with Gasteiger partial charge in [-0.1, -0.05) is 11.8 Å². The van der Waals surface area contributed by atoms with Crippen LogP contribution in [0.2, 0.25) is 0 Å². The van der Waals surface area contributed by atoms with Crippen LogP contribution in [0.25, 0.3) is 0 Å². The highest BCUT2D eigenvalue weighted by molar-refractivity contribution is 7.99. The van der Waals surface area contributed by atoms with Gasteiger partial charge in [-0.25, -0.2) is 4.98 Å². The molecule has 0 spiro atoms. The van der Waals surface area contributed by atoms with Gasteiger partial charge in [0.2, 0.25) is 0 Å². The molecule has 0 amide bonds. The number of Topliss-reactive ketones (excluding diaryl/α,β-unsaturated/α-hetero) is 1. The Morgan fingerprint density at radius 1 is 1.48 bits per heavy atom. The van der Waals surface area contributed by atoms with Gasteiger partial charge < -0.3 is 9.30 Å². The first-order chi connectivity index (χ1) is 12.0. The summed E-state index contributed by atoms with van der Waals surface area (Å²) in [5, 5.41) is 20.0. The predicted octanol–water partition coefficient (Wildman–Crippen LogP) is 1.65. The molecule has 2 heterocycles. The largest absolute Gasteiger partial charge is 0.466 e. The second-order valence-corrected chi connectivity index (χ2v) is 6.92. The van der Waals surface area contributed by atoms with E-state index in [0.717, 1.165) is 5.69 Å². The van der Waals surface area contributed by atoms with Crippen molar-refractivity contribution in [1.29, 1.82) is 5.26 Å². The summed E-state index contributed by atoms with van der Waals surface area (Å²) in [6.07, 6.45) is 0.0189. The van der Waals surface area contributed by atoms with Crippen molar-refractivity contribution >= 4 is 34.9 Å². The number of nitrogens with zero attached hydrogens (tertiary/aromatic N) is 5. The van der Waals surface area contributed by atoms with Crippen LogP contribution in [0.1, 0.15) is 29.4 Å². The number of carbonyl (C=O) groups excluding carboxylic acids is 2. The summed E-state index contributed by atoms with van der Waals surface area (Å²) < 4.78 is 6.53. The lowest BCUT2D eigenvalue weighted by Crippen LogP contribution is -2.14. The Hall–Kier alpha value is -2.25. The molecule has 2 aromatic rings. The van der Waals surface area contributed by atoms with Crippen molar-refractivity contribution in [2.24, 2.45) is 7.05 Å². The van der Waals surface area contributed by atoms with E-state index >= 15 is 0 Å². The predicted molar refractivity (Wildman–Crippen MR) is 92.3 cm³/mol. The zero-order valence-electron chi connectivity index (χ0n) is 14.1. The highest BCUT2D eigenvalue weighted by atomic mass is 32.2. The van der Waals surface area contributed by atoms with Crippen LogP contribution >= 0.6 is 23.1 Å². The van der Waals surface area contributed by atoms with Crippen molar-refractivity contribution < 1.29 is 14.3 Å². The molecule has 2 rings (SSSR count). The number of nitriles is 1. The smallest absolute Gasteiger partial charge is 0.313 e. The Morgan fingerprint density at radius 2 is 2.24 bits per heavy atom. The minimum atomic E-state index is -0.876. The number of rotatable bonds is 8. The maximum atomic E-state index is 12.3. The Kier molecular flexibility index (Phi) is 6.66. The lowest BCUT2D eigenvalue weighted by molar-refractivity contribution is -0.142. The third-order valence-electron chi connectivity index (χ3n) is 3.21. The molecule has 0 N–H and O–H groups in total. The number of ketones is 1. The Balaban J connectivity index is 1.99. The minimum absolute atomic E-state index is 0.0189. The van der Waals surface area contributed by atoms with E-state index in [1.54, 1.807) is 18.5 Å². The van der Waals surface area contributed by atoms with Crippen LogP contribution in [-0.4, -0.2) is 43.9 Å². The number of esters is 1. The molecular formula is C15H17N5O3S2. The van der Waals surface area contributed by atoms with E-state index in [1.807, 2.05) is 18.4 Å². The lowest BCUT2D eigenvalue weighted by Gasteiger charge is -2.05. The first kappa shape index (κ1) is 19.1. The van der Waals surface area contributed by atoms with Crippen molar-refractivity contribution in [1.82, 2.24) is 19.7 Å². The summed E-state index contributed by atoms with van der Waals surface area (Å²) in [6.45, 7) is 3.86. The second-order valence-electron chi connectivity index (χ2n) is 5.08. The molecule has 0 bridgehead atoms. The monoisotopic (exact) mass is 379 g/mol. The molecule has 2 aromatic heterocycles. The third kappa shape index (κ3) is 4.87. The fourth-order valence-corrected chi connectivity index (χ4v) is 3.65. The van der Waals surface area contributed by atoms with Crippen LogP contribution < -0.4 is 0 Å². The summed E-state index contributed by atoms with van der Waals surface area (Å²) >= 11 is 2.48. The lowest BCUT2D eigenvalue weighted by atomic mass is 10.1. The van der Waals surface area contributed by atoms with Gasteiger partial charge in [-0.15, -0.1) is 21.5 Å². The number of thiazole rings is 1. The summed E-state index contributed by atoms with van der Waals surface area (Å²) in [4.78, 5) is 28.1. The normalized spacial score (nSPS) is 11.8. The molecule has 0 aromatic carbocycles. The van der Waals surface area contributed by atoms with Gasteiger partial charge >= 0.3 is 5.97 Å². The van der Waals surface area contributed by atoms with Crippen molar-refractivity contribution in [3.63, 3.8) is 0 Å². The molecular weight excluding hydrogens is 362 g/mol. The Morgan fingerprint density at radius 3 is 2.84 bits per heavy atom. The number of aryl methyl sites for hydroxylation is 1. The number of hydrogen-bond acceptors (Lipinski definition) is 9. The summed E-state index contributed by atoms with van der Waals surface area (Å²) in [5.41, 5.74) is 0.789. The fraction of sp³-hybridized carbons (Fsp3) is 0.467. The maximum Gasteiger partial charge on any atom is 0.313 e. The maximum absolute atomic E-state index is 12.3. The topological polar surface area (TPSA) is 111 Å². The van der Waals surface area contributed by atoms with E-state index in [-0.39, 0.29) is 23.9 Å².